The highest BCUT2D eigenvalue weighted by Gasteiger charge is 2.15. The first-order valence-electron chi connectivity index (χ1n) is 4.96. The van der Waals surface area contributed by atoms with Crippen molar-refractivity contribution >= 4 is 5.91 Å². The quantitative estimate of drug-likeness (QED) is 0.852. The maximum atomic E-state index is 11.9. The average Bonchev–Trinajstić information content (AvgIpc) is 2.88. The Morgan fingerprint density at radius 3 is 2.94 bits per heavy atom. The van der Waals surface area contributed by atoms with Crippen LogP contribution in [0.5, 0.6) is 0 Å². The third-order valence-corrected chi connectivity index (χ3v) is 2.27. The zero-order valence-corrected chi connectivity index (χ0v) is 9.23. The van der Waals surface area contributed by atoms with Crippen molar-refractivity contribution < 1.29 is 9.21 Å². The van der Waals surface area contributed by atoms with Crippen molar-refractivity contribution in [3.05, 3.63) is 41.6 Å². The molecule has 5 nitrogen and oxygen atoms in total. The lowest BCUT2D eigenvalue weighted by Gasteiger charge is -2.14. The number of hydrogen-bond acceptors (Lipinski definition) is 3. The van der Waals surface area contributed by atoms with Crippen molar-refractivity contribution in [1.29, 1.82) is 0 Å². The number of aromatic amines is 1. The highest BCUT2D eigenvalue weighted by Crippen LogP contribution is 2.10. The van der Waals surface area contributed by atoms with Crippen molar-refractivity contribution in [2.75, 3.05) is 7.05 Å². The topological polar surface area (TPSA) is 62.1 Å². The number of hydrogen-bond donors (Lipinski definition) is 1. The van der Waals surface area contributed by atoms with Crippen LogP contribution in [0.25, 0.3) is 0 Å². The van der Waals surface area contributed by atoms with Crippen LogP contribution in [0.3, 0.4) is 0 Å². The highest BCUT2D eigenvalue weighted by atomic mass is 16.3. The molecule has 0 aliphatic heterocycles. The number of furan rings is 1. The van der Waals surface area contributed by atoms with E-state index in [1.54, 1.807) is 36.5 Å². The summed E-state index contributed by atoms with van der Waals surface area (Å²) in [6, 6.07) is 3.46. The first-order chi connectivity index (χ1) is 7.66. The summed E-state index contributed by atoms with van der Waals surface area (Å²) < 4.78 is 5.27. The van der Waals surface area contributed by atoms with Gasteiger partial charge < -0.3 is 9.32 Å². The summed E-state index contributed by atoms with van der Waals surface area (Å²) >= 11 is 0. The van der Waals surface area contributed by atoms with Crippen LogP contribution in [0.15, 0.2) is 28.9 Å². The molecule has 0 radical (unpaired) electrons. The second-order valence-electron chi connectivity index (χ2n) is 3.68. The fourth-order valence-electron chi connectivity index (χ4n) is 1.45. The van der Waals surface area contributed by atoms with E-state index in [0.29, 0.717) is 12.3 Å². The molecule has 0 spiro atoms. The molecule has 1 amide bonds. The molecular formula is C11H13N3O2. The molecule has 2 heterocycles. The summed E-state index contributed by atoms with van der Waals surface area (Å²) in [5.41, 5.74) is 0.958. The molecule has 2 rings (SSSR count). The summed E-state index contributed by atoms with van der Waals surface area (Å²) in [5, 5.41) is 6.53. The molecule has 5 heteroatoms. The lowest BCUT2D eigenvalue weighted by atomic mass is 10.3. The summed E-state index contributed by atoms with van der Waals surface area (Å²) in [6.07, 6.45) is 3.45. The first-order valence-corrected chi connectivity index (χ1v) is 4.96. The van der Waals surface area contributed by atoms with E-state index >= 15 is 0 Å². The van der Waals surface area contributed by atoms with Gasteiger partial charge >= 0.3 is 0 Å². The second-order valence-corrected chi connectivity index (χ2v) is 3.68. The Hall–Kier alpha value is -2.04. The summed E-state index contributed by atoms with van der Waals surface area (Å²) in [6.45, 7) is 2.32. The minimum Gasteiger partial charge on any atom is -0.456 e. The van der Waals surface area contributed by atoms with Crippen LogP contribution >= 0.6 is 0 Å². The molecule has 0 saturated carbocycles. The number of nitrogens with one attached hydrogen (secondary N) is 1. The van der Waals surface area contributed by atoms with Gasteiger partial charge in [-0.2, -0.15) is 5.10 Å². The minimum absolute atomic E-state index is 0.130. The average molecular weight is 219 g/mol. The van der Waals surface area contributed by atoms with Gasteiger partial charge in [-0.05, 0) is 19.1 Å². The van der Waals surface area contributed by atoms with E-state index in [0.717, 1.165) is 11.3 Å². The van der Waals surface area contributed by atoms with Gasteiger partial charge in [0, 0.05) is 25.4 Å². The normalized spacial score (nSPS) is 10.4. The molecule has 0 atom stereocenters. The molecule has 84 valence electrons. The van der Waals surface area contributed by atoms with Gasteiger partial charge in [-0.3, -0.25) is 9.89 Å². The van der Waals surface area contributed by atoms with Crippen molar-refractivity contribution in [3.63, 3.8) is 0 Å². The van der Waals surface area contributed by atoms with Gasteiger partial charge in [-0.1, -0.05) is 0 Å². The number of aromatic nitrogens is 2. The molecule has 0 aliphatic carbocycles. The number of amides is 1. The third-order valence-electron chi connectivity index (χ3n) is 2.27. The smallest absolute Gasteiger partial charge is 0.289 e. The van der Waals surface area contributed by atoms with Crippen LogP contribution in [-0.4, -0.2) is 28.1 Å². The van der Waals surface area contributed by atoms with Gasteiger partial charge in [-0.25, -0.2) is 0 Å². The van der Waals surface area contributed by atoms with E-state index in [9.17, 15) is 4.79 Å². The monoisotopic (exact) mass is 219 g/mol. The number of carbonyl (C=O) groups excluding carboxylic acids is 1. The molecule has 2 aromatic rings. The molecule has 0 saturated heterocycles. The van der Waals surface area contributed by atoms with Crippen LogP contribution in [0.4, 0.5) is 0 Å². The lowest BCUT2D eigenvalue weighted by molar-refractivity contribution is 0.0752. The SMILES string of the molecule is Cc1ccc(C(=O)N(C)Cc2cn[nH]c2)o1. The summed E-state index contributed by atoms with van der Waals surface area (Å²) in [4.78, 5) is 13.5. The Balaban J connectivity index is 2.05. The summed E-state index contributed by atoms with van der Waals surface area (Å²) in [5.74, 6) is 0.970. The fraction of sp³-hybridized carbons (Fsp3) is 0.273. The molecule has 0 aromatic carbocycles. The molecule has 0 bridgehead atoms. The van der Waals surface area contributed by atoms with Crippen LogP contribution in [0.1, 0.15) is 21.9 Å². The van der Waals surface area contributed by atoms with Gasteiger partial charge in [0.1, 0.15) is 5.76 Å². The zero-order valence-electron chi connectivity index (χ0n) is 9.23. The number of carbonyl (C=O) groups is 1. The molecule has 0 aliphatic rings. The maximum Gasteiger partial charge on any atom is 0.289 e. The van der Waals surface area contributed by atoms with Gasteiger partial charge in [0.2, 0.25) is 0 Å². The largest absolute Gasteiger partial charge is 0.456 e. The molecular weight excluding hydrogens is 206 g/mol. The molecule has 16 heavy (non-hydrogen) atoms. The van der Waals surface area contributed by atoms with Crippen molar-refractivity contribution in [1.82, 2.24) is 15.1 Å². The molecule has 0 unspecified atom stereocenters. The van der Waals surface area contributed by atoms with Crippen LogP contribution in [0.2, 0.25) is 0 Å². The van der Waals surface area contributed by atoms with Crippen LogP contribution in [-0.2, 0) is 6.54 Å². The predicted octanol–water partition coefficient (Wildman–Crippen LogP) is 1.58. The van der Waals surface area contributed by atoms with E-state index in [1.165, 1.54) is 0 Å². The van der Waals surface area contributed by atoms with Crippen molar-refractivity contribution in [2.45, 2.75) is 13.5 Å². The molecule has 1 N–H and O–H groups in total. The Kier molecular flexibility index (Phi) is 2.76. The first kappa shape index (κ1) is 10.5. The predicted molar refractivity (Wildman–Crippen MR) is 57.8 cm³/mol. The molecule has 0 fully saturated rings. The highest BCUT2D eigenvalue weighted by molar-refractivity contribution is 5.91. The molecule has 2 aromatic heterocycles. The minimum atomic E-state index is -0.130. The van der Waals surface area contributed by atoms with E-state index < -0.39 is 0 Å². The Morgan fingerprint density at radius 1 is 1.56 bits per heavy atom. The zero-order chi connectivity index (χ0) is 11.5. The Morgan fingerprint density at radius 2 is 2.38 bits per heavy atom. The van der Waals surface area contributed by atoms with Gasteiger partial charge in [-0.15, -0.1) is 0 Å². The second kappa shape index (κ2) is 4.22. The Labute approximate surface area is 93.1 Å². The standard InChI is InChI=1S/C11H13N3O2/c1-8-3-4-10(16-8)11(15)14(2)7-9-5-12-13-6-9/h3-6H,7H2,1-2H3,(H,12,13). The van der Waals surface area contributed by atoms with E-state index in [4.69, 9.17) is 4.42 Å². The van der Waals surface area contributed by atoms with Crippen molar-refractivity contribution in [2.24, 2.45) is 0 Å². The number of nitrogens with zero attached hydrogens (tertiary/aromatic N) is 2. The Bertz CT molecular complexity index is 473. The third kappa shape index (κ3) is 2.13. The maximum absolute atomic E-state index is 11.9. The van der Waals surface area contributed by atoms with Gasteiger partial charge in [0.25, 0.3) is 5.91 Å². The van der Waals surface area contributed by atoms with Crippen LogP contribution < -0.4 is 0 Å². The van der Waals surface area contributed by atoms with Crippen molar-refractivity contribution in [3.8, 4) is 0 Å². The van der Waals surface area contributed by atoms with Gasteiger partial charge in [0.05, 0.1) is 6.20 Å². The lowest BCUT2D eigenvalue weighted by Crippen LogP contribution is -2.25. The van der Waals surface area contributed by atoms with E-state index in [2.05, 4.69) is 10.2 Å². The van der Waals surface area contributed by atoms with E-state index in [-0.39, 0.29) is 5.91 Å². The number of aryl methyl sites for hydroxylation is 1. The summed E-state index contributed by atoms with van der Waals surface area (Å²) in [7, 11) is 1.73. The number of H-pyrrole nitrogens is 1. The fourth-order valence-corrected chi connectivity index (χ4v) is 1.45. The van der Waals surface area contributed by atoms with Crippen LogP contribution in [0, 0.1) is 6.92 Å². The number of rotatable bonds is 3. The van der Waals surface area contributed by atoms with Gasteiger partial charge in [0.15, 0.2) is 5.76 Å². The van der Waals surface area contributed by atoms with E-state index in [1.807, 2.05) is 6.92 Å².